The monoisotopic (exact) mass is 236 g/mol. The van der Waals surface area contributed by atoms with Gasteiger partial charge in [-0.05, 0) is 40.9 Å². The second-order valence-electron chi connectivity index (χ2n) is 4.14. The Bertz CT molecular complexity index is 650. The summed E-state index contributed by atoms with van der Waals surface area (Å²) in [6.07, 6.45) is -0.330. The van der Waals surface area contributed by atoms with E-state index in [1.165, 1.54) is 12.1 Å². The zero-order valence-corrected chi connectivity index (χ0v) is 9.43. The molecule has 18 heavy (non-hydrogen) atoms. The Morgan fingerprint density at radius 2 is 2.11 bits per heavy atom. The van der Waals surface area contributed by atoms with Gasteiger partial charge in [0.2, 0.25) is 0 Å². The van der Waals surface area contributed by atoms with E-state index in [2.05, 4.69) is 6.07 Å². The number of rotatable bonds is 1. The van der Waals surface area contributed by atoms with E-state index in [1.54, 1.807) is 31.7 Å². The number of hydrogen-bond acceptors (Lipinski definition) is 2. The smallest absolute Gasteiger partial charge is 0.331 e. The molecule has 0 N–H and O–H groups in total. The van der Waals surface area contributed by atoms with Gasteiger partial charge in [-0.1, -0.05) is 18.2 Å². The first-order chi connectivity index (χ1) is 8.78. The molecule has 0 spiro atoms. The van der Waals surface area contributed by atoms with Crippen molar-refractivity contribution in [2.45, 2.75) is 6.10 Å². The molecule has 1 radical (unpaired) electrons. The minimum absolute atomic E-state index is 0.283. The first-order valence-electron chi connectivity index (χ1n) is 5.56. The van der Waals surface area contributed by atoms with E-state index in [9.17, 15) is 4.39 Å². The Morgan fingerprint density at radius 1 is 1.22 bits per heavy atom. The maximum Gasteiger partial charge on any atom is 0.331 e. The summed E-state index contributed by atoms with van der Waals surface area (Å²) in [4.78, 5) is 0. The molecule has 2 aromatic carbocycles. The predicted molar refractivity (Wildman–Crippen MR) is 65.9 cm³/mol. The Balaban J connectivity index is 2.06. The topological polar surface area (TPSA) is 33.0 Å². The van der Waals surface area contributed by atoms with Crippen molar-refractivity contribution < 1.29 is 9.04 Å². The van der Waals surface area contributed by atoms with Gasteiger partial charge in [-0.15, -0.1) is 0 Å². The normalized spacial score (nSPS) is 16.8. The quantitative estimate of drug-likeness (QED) is 0.710. The number of benzene rings is 2. The van der Waals surface area contributed by atoms with Crippen molar-refractivity contribution in [2.75, 3.05) is 0 Å². The molecule has 0 aromatic heterocycles. The van der Waals surface area contributed by atoms with Crippen LogP contribution in [0.5, 0.6) is 0 Å². The highest BCUT2D eigenvalue weighted by Gasteiger charge is 2.26. The van der Waals surface area contributed by atoms with Gasteiger partial charge >= 0.3 is 7.48 Å². The maximum absolute atomic E-state index is 13.3. The molecule has 1 atom stereocenters. The molecule has 0 saturated heterocycles. The SMILES string of the molecule is N#Cc1cccc(C2O[B]c3ccc(F)cc32)c1. The predicted octanol–water partition coefficient (Wildman–Crippen LogP) is 2.06. The average Bonchev–Trinajstić information content (AvgIpc) is 2.81. The summed E-state index contributed by atoms with van der Waals surface area (Å²) in [5.74, 6) is -0.283. The molecule has 0 amide bonds. The van der Waals surface area contributed by atoms with Crippen molar-refractivity contribution in [3.8, 4) is 6.07 Å². The van der Waals surface area contributed by atoms with E-state index in [4.69, 9.17) is 9.92 Å². The van der Waals surface area contributed by atoms with E-state index in [0.717, 1.165) is 16.6 Å². The zero-order valence-electron chi connectivity index (χ0n) is 9.43. The molecule has 0 fully saturated rings. The van der Waals surface area contributed by atoms with Crippen LogP contribution in [0.1, 0.15) is 22.8 Å². The highest BCUT2D eigenvalue weighted by atomic mass is 19.1. The molecular formula is C14H8BFNO. The van der Waals surface area contributed by atoms with Gasteiger partial charge in [0.15, 0.2) is 0 Å². The van der Waals surface area contributed by atoms with Crippen LogP contribution in [-0.4, -0.2) is 7.48 Å². The van der Waals surface area contributed by atoms with E-state index in [1.807, 2.05) is 6.07 Å². The van der Waals surface area contributed by atoms with Crippen molar-refractivity contribution in [3.63, 3.8) is 0 Å². The zero-order chi connectivity index (χ0) is 12.5. The summed E-state index contributed by atoms with van der Waals surface area (Å²) in [5.41, 5.74) is 3.10. The Hall–Kier alpha value is -2.12. The van der Waals surface area contributed by atoms with Crippen LogP contribution >= 0.6 is 0 Å². The number of halogens is 1. The average molecular weight is 236 g/mol. The molecule has 1 aliphatic rings. The molecule has 1 aliphatic heterocycles. The van der Waals surface area contributed by atoms with Gasteiger partial charge in [0.25, 0.3) is 0 Å². The van der Waals surface area contributed by atoms with Gasteiger partial charge in [-0.25, -0.2) is 4.39 Å². The lowest BCUT2D eigenvalue weighted by Gasteiger charge is -2.13. The number of fused-ring (bicyclic) bond motifs is 1. The first kappa shape index (κ1) is 11.0. The number of hydrogen-bond donors (Lipinski definition) is 0. The summed E-state index contributed by atoms with van der Waals surface area (Å²) < 4.78 is 18.8. The van der Waals surface area contributed by atoms with Crippen LogP contribution < -0.4 is 5.46 Å². The summed E-state index contributed by atoms with van der Waals surface area (Å²) in [6, 6.07) is 13.8. The molecular weight excluding hydrogens is 228 g/mol. The number of nitrogens with zero attached hydrogens (tertiary/aromatic N) is 1. The number of nitriles is 1. The molecule has 4 heteroatoms. The third-order valence-electron chi connectivity index (χ3n) is 2.98. The van der Waals surface area contributed by atoms with Crippen molar-refractivity contribution in [2.24, 2.45) is 0 Å². The molecule has 0 bridgehead atoms. The fraction of sp³-hybridized carbons (Fsp3) is 0.0714. The Morgan fingerprint density at radius 3 is 2.94 bits per heavy atom. The Kier molecular flexibility index (Phi) is 2.62. The molecule has 2 aromatic rings. The summed E-state index contributed by atoms with van der Waals surface area (Å²) in [5, 5.41) is 8.89. The standard InChI is InChI=1S/C14H8BFNO/c16-11-4-5-13-12(7-11)14(18-15-13)10-3-1-2-9(6-10)8-17/h1-7,14H. The molecule has 1 unspecified atom stereocenters. The van der Waals surface area contributed by atoms with E-state index in [-0.39, 0.29) is 11.9 Å². The van der Waals surface area contributed by atoms with Crippen LogP contribution in [0.4, 0.5) is 4.39 Å². The van der Waals surface area contributed by atoms with Crippen LogP contribution in [0.3, 0.4) is 0 Å². The van der Waals surface area contributed by atoms with Gasteiger partial charge < -0.3 is 4.65 Å². The minimum Gasteiger partial charge on any atom is -0.424 e. The van der Waals surface area contributed by atoms with Crippen molar-refractivity contribution in [1.82, 2.24) is 0 Å². The second kappa shape index (κ2) is 4.28. The van der Waals surface area contributed by atoms with Crippen molar-refractivity contribution >= 4 is 12.9 Å². The van der Waals surface area contributed by atoms with Gasteiger partial charge in [0, 0.05) is 0 Å². The van der Waals surface area contributed by atoms with E-state index in [0.29, 0.717) is 5.56 Å². The molecule has 3 rings (SSSR count). The summed E-state index contributed by atoms with van der Waals surface area (Å²) in [6.45, 7) is 0. The van der Waals surface area contributed by atoms with Crippen LogP contribution in [-0.2, 0) is 4.65 Å². The molecule has 85 valence electrons. The van der Waals surface area contributed by atoms with Gasteiger partial charge in [0.05, 0.1) is 17.7 Å². The fourth-order valence-electron chi connectivity index (χ4n) is 2.12. The molecule has 1 heterocycles. The first-order valence-corrected chi connectivity index (χ1v) is 5.56. The highest BCUT2D eigenvalue weighted by Crippen LogP contribution is 2.29. The van der Waals surface area contributed by atoms with Crippen LogP contribution in [0.25, 0.3) is 0 Å². The van der Waals surface area contributed by atoms with Gasteiger partial charge in [-0.2, -0.15) is 5.26 Å². The highest BCUT2D eigenvalue weighted by molar-refractivity contribution is 6.49. The lowest BCUT2D eigenvalue weighted by molar-refractivity contribution is 0.280. The largest absolute Gasteiger partial charge is 0.424 e. The molecule has 0 saturated carbocycles. The summed E-state index contributed by atoms with van der Waals surface area (Å²) in [7, 11) is 1.62. The minimum atomic E-state index is -0.330. The lowest BCUT2D eigenvalue weighted by atomic mass is 9.86. The van der Waals surface area contributed by atoms with Crippen LogP contribution in [0, 0.1) is 17.1 Å². The third-order valence-corrected chi connectivity index (χ3v) is 2.98. The lowest BCUT2D eigenvalue weighted by Crippen LogP contribution is -2.10. The maximum atomic E-state index is 13.3. The summed E-state index contributed by atoms with van der Waals surface area (Å²) >= 11 is 0. The van der Waals surface area contributed by atoms with E-state index < -0.39 is 0 Å². The van der Waals surface area contributed by atoms with Crippen LogP contribution in [0.2, 0.25) is 0 Å². The van der Waals surface area contributed by atoms with Gasteiger partial charge in [0.1, 0.15) is 5.82 Å². The molecule has 2 nitrogen and oxygen atoms in total. The molecule has 0 aliphatic carbocycles. The van der Waals surface area contributed by atoms with Crippen molar-refractivity contribution in [3.05, 3.63) is 65.0 Å². The van der Waals surface area contributed by atoms with Crippen LogP contribution in [0.15, 0.2) is 42.5 Å². The van der Waals surface area contributed by atoms with Gasteiger partial charge in [-0.3, -0.25) is 0 Å². The third kappa shape index (κ3) is 1.79. The fourth-order valence-corrected chi connectivity index (χ4v) is 2.12. The van der Waals surface area contributed by atoms with E-state index >= 15 is 0 Å². The Labute approximate surface area is 105 Å². The second-order valence-corrected chi connectivity index (χ2v) is 4.14. The van der Waals surface area contributed by atoms with Crippen molar-refractivity contribution in [1.29, 1.82) is 5.26 Å².